The van der Waals surface area contributed by atoms with Gasteiger partial charge in [-0.05, 0) is 18.2 Å². The molecule has 0 radical (unpaired) electrons. The lowest BCUT2D eigenvalue weighted by Crippen LogP contribution is -2.41. The Morgan fingerprint density at radius 1 is 1.32 bits per heavy atom. The van der Waals surface area contributed by atoms with Crippen molar-refractivity contribution in [3.8, 4) is 11.5 Å². The average molecular weight is 345 g/mol. The van der Waals surface area contributed by atoms with Crippen LogP contribution in [0.1, 0.15) is 0 Å². The number of hydrogen-bond acceptors (Lipinski definition) is 8. The highest BCUT2D eigenvalue weighted by Gasteiger charge is 2.15. The maximum Gasteiger partial charge on any atom is 0.229 e. The summed E-state index contributed by atoms with van der Waals surface area (Å²) < 4.78 is 16.9. The molecule has 1 fully saturated rings. The van der Waals surface area contributed by atoms with E-state index >= 15 is 0 Å². The average Bonchev–Trinajstić information content (AvgIpc) is 2.67. The fourth-order valence-electron chi connectivity index (χ4n) is 2.46. The number of aromatic nitrogens is 2. The third kappa shape index (κ3) is 4.71. The molecular formula is C17H23N5O3. The predicted octanol–water partition coefficient (Wildman–Crippen LogP) is 1.64. The van der Waals surface area contributed by atoms with Gasteiger partial charge in [-0.1, -0.05) is 0 Å². The quantitative estimate of drug-likeness (QED) is 0.698. The van der Waals surface area contributed by atoms with Crippen molar-refractivity contribution in [2.75, 3.05) is 51.1 Å². The molecule has 1 aromatic carbocycles. The topological polar surface area (TPSA) is 89.6 Å². The summed E-state index contributed by atoms with van der Waals surface area (Å²) in [5.74, 6) is 2.55. The van der Waals surface area contributed by atoms with Crippen molar-refractivity contribution in [3.05, 3.63) is 30.5 Å². The number of ether oxygens (including phenoxy) is 3. The van der Waals surface area contributed by atoms with Crippen molar-refractivity contribution in [2.45, 2.75) is 6.10 Å². The van der Waals surface area contributed by atoms with Crippen molar-refractivity contribution in [1.82, 2.24) is 15.3 Å². The van der Waals surface area contributed by atoms with Crippen molar-refractivity contribution >= 4 is 17.5 Å². The van der Waals surface area contributed by atoms with E-state index in [1.54, 1.807) is 19.4 Å². The van der Waals surface area contributed by atoms with Gasteiger partial charge in [0, 0.05) is 38.1 Å². The lowest BCUT2D eigenvalue weighted by atomic mass is 10.2. The Balaban J connectivity index is 1.70. The van der Waals surface area contributed by atoms with Crippen LogP contribution in [0.3, 0.4) is 0 Å². The molecule has 8 heteroatoms. The lowest BCUT2D eigenvalue weighted by molar-refractivity contribution is -0.000251. The van der Waals surface area contributed by atoms with E-state index in [0.717, 1.165) is 24.6 Å². The van der Waals surface area contributed by atoms with Gasteiger partial charge in [-0.3, -0.25) is 0 Å². The summed E-state index contributed by atoms with van der Waals surface area (Å²) in [6.07, 6.45) is 1.72. The standard InChI is InChI=1S/C17H23N5O3/c1-18-16-5-6-20-17(22-16)21-12-3-4-14(23-2)15(9-12)25-11-13-10-19-7-8-24-13/h3-6,9,13,19H,7-8,10-11H2,1-2H3,(H2,18,20,21,22)/t13-/m1/s1. The van der Waals surface area contributed by atoms with Crippen LogP contribution in [0, 0.1) is 0 Å². The van der Waals surface area contributed by atoms with E-state index in [0.29, 0.717) is 30.7 Å². The zero-order valence-corrected chi connectivity index (χ0v) is 14.4. The van der Waals surface area contributed by atoms with Crippen LogP contribution in [0.5, 0.6) is 11.5 Å². The maximum atomic E-state index is 5.91. The largest absolute Gasteiger partial charge is 0.493 e. The molecule has 1 aliphatic heterocycles. The first-order chi connectivity index (χ1) is 12.3. The summed E-state index contributed by atoms with van der Waals surface area (Å²) in [6, 6.07) is 7.40. The van der Waals surface area contributed by atoms with Crippen LogP contribution in [0.25, 0.3) is 0 Å². The highest BCUT2D eigenvalue weighted by atomic mass is 16.5. The Morgan fingerprint density at radius 2 is 2.24 bits per heavy atom. The number of hydrogen-bond donors (Lipinski definition) is 3. The fourth-order valence-corrected chi connectivity index (χ4v) is 2.46. The monoisotopic (exact) mass is 345 g/mol. The molecule has 2 aromatic rings. The van der Waals surface area contributed by atoms with E-state index in [1.165, 1.54) is 0 Å². The van der Waals surface area contributed by atoms with Crippen LogP contribution in [0.15, 0.2) is 30.5 Å². The van der Waals surface area contributed by atoms with Crippen LogP contribution in [-0.2, 0) is 4.74 Å². The zero-order valence-electron chi connectivity index (χ0n) is 14.4. The SMILES string of the molecule is CNc1ccnc(Nc2ccc(OC)c(OC[C@H]3CNCCO3)c2)n1. The second-order valence-electron chi connectivity index (χ2n) is 5.51. The van der Waals surface area contributed by atoms with Gasteiger partial charge >= 0.3 is 0 Å². The number of rotatable bonds is 7. The minimum atomic E-state index is 0.0331. The molecule has 0 unspecified atom stereocenters. The van der Waals surface area contributed by atoms with Gasteiger partial charge < -0.3 is 30.2 Å². The van der Waals surface area contributed by atoms with Gasteiger partial charge in [0.25, 0.3) is 0 Å². The molecule has 3 N–H and O–H groups in total. The van der Waals surface area contributed by atoms with Crippen molar-refractivity contribution in [3.63, 3.8) is 0 Å². The number of benzene rings is 1. The van der Waals surface area contributed by atoms with E-state index < -0.39 is 0 Å². The van der Waals surface area contributed by atoms with Crippen LogP contribution < -0.4 is 25.4 Å². The molecule has 0 saturated carbocycles. The van der Waals surface area contributed by atoms with Crippen LogP contribution in [-0.4, -0.2) is 56.5 Å². The van der Waals surface area contributed by atoms with Gasteiger partial charge in [0.2, 0.25) is 5.95 Å². The Hall–Kier alpha value is -2.58. The first-order valence-corrected chi connectivity index (χ1v) is 8.19. The molecule has 1 saturated heterocycles. The number of anilines is 3. The minimum absolute atomic E-state index is 0.0331. The van der Waals surface area contributed by atoms with Gasteiger partial charge in [-0.2, -0.15) is 4.98 Å². The maximum absolute atomic E-state index is 5.91. The number of nitrogens with one attached hydrogen (secondary N) is 3. The number of nitrogens with zero attached hydrogens (tertiary/aromatic N) is 2. The molecule has 1 aromatic heterocycles. The minimum Gasteiger partial charge on any atom is -0.493 e. The van der Waals surface area contributed by atoms with Gasteiger partial charge in [-0.15, -0.1) is 0 Å². The molecule has 0 spiro atoms. The fraction of sp³-hybridized carbons (Fsp3) is 0.412. The van der Waals surface area contributed by atoms with E-state index in [-0.39, 0.29) is 6.10 Å². The van der Waals surface area contributed by atoms with Crippen LogP contribution in [0.2, 0.25) is 0 Å². The summed E-state index contributed by atoms with van der Waals surface area (Å²) in [6.45, 7) is 2.82. The van der Waals surface area contributed by atoms with Gasteiger partial charge in [0.1, 0.15) is 18.5 Å². The van der Waals surface area contributed by atoms with Crippen molar-refractivity contribution in [2.24, 2.45) is 0 Å². The van der Waals surface area contributed by atoms with E-state index in [2.05, 4.69) is 25.9 Å². The number of methoxy groups -OCH3 is 1. The molecule has 0 amide bonds. The second kappa shape index (κ2) is 8.50. The molecule has 134 valence electrons. The Labute approximate surface area is 146 Å². The van der Waals surface area contributed by atoms with Gasteiger partial charge in [0.15, 0.2) is 11.5 Å². The third-order valence-electron chi connectivity index (χ3n) is 3.76. The molecule has 0 aliphatic carbocycles. The normalized spacial score (nSPS) is 17.0. The van der Waals surface area contributed by atoms with Crippen molar-refractivity contribution in [1.29, 1.82) is 0 Å². The van der Waals surface area contributed by atoms with E-state index in [1.807, 2.05) is 25.2 Å². The van der Waals surface area contributed by atoms with Crippen LogP contribution in [0.4, 0.5) is 17.5 Å². The first kappa shape index (κ1) is 17.2. The lowest BCUT2D eigenvalue weighted by Gasteiger charge is -2.24. The summed E-state index contributed by atoms with van der Waals surface area (Å²) in [5, 5.41) is 9.43. The predicted molar refractivity (Wildman–Crippen MR) is 96.0 cm³/mol. The molecular weight excluding hydrogens is 322 g/mol. The zero-order chi connectivity index (χ0) is 17.5. The van der Waals surface area contributed by atoms with Crippen LogP contribution >= 0.6 is 0 Å². The third-order valence-corrected chi connectivity index (χ3v) is 3.76. The summed E-state index contributed by atoms with van der Waals surface area (Å²) in [5.41, 5.74) is 0.812. The molecule has 1 aliphatic rings. The van der Waals surface area contributed by atoms with E-state index in [9.17, 15) is 0 Å². The summed E-state index contributed by atoms with van der Waals surface area (Å²) in [7, 11) is 3.43. The summed E-state index contributed by atoms with van der Waals surface area (Å²) in [4.78, 5) is 8.56. The second-order valence-corrected chi connectivity index (χ2v) is 5.51. The molecule has 8 nitrogen and oxygen atoms in total. The molecule has 3 rings (SSSR count). The van der Waals surface area contributed by atoms with Gasteiger partial charge in [0.05, 0.1) is 13.7 Å². The smallest absolute Gasteiger partial charge is 0.229 e. The Morgan fingerprint density at radius 3 is 3.00 bits per heavy atom. The van der Waals surface area contributed by atoms with Gasteiger partial charge in [-0.25, -0.2) is 4.98 Å². The Bertz CT molecular complexity index is 692. The molecule has 2 heterocycles. The van der Waals surface area contributed by atoms with E-state index in [4.69, 9.17) is 14.2 Å². The number of morpholine rings is 1. The highest BCUT2D eigenvalue weighted by Crippen LogP contribution is 2.31. The highest BCUT2D eigenvalue weighted by molar-refractivity contribution is 5.60. The van der Waals surface area contributed by atoms with Crippen molar-refractivity contribution < 1.29 is 14.2 Å². The first-order valence-electron chi connectivity index (χ1n) is 8.19. The molecule has 0 bridgehead atoms. The Kier molecular flexibility index (Phi) is 5.86. The molecule has 25 heavy (non-hydrogen) atoms. The summed E-state index contributed by atoms with van der Waals surface area (Å²) >= 11 is 0. The molecule has 1 atom stereocenters.